The summed E-state index contributed by atoms with van der Waals surface area (Å²) in [5.41, 5.74) is -0.843. The summed E-state index contributed by atoms with van der Waals surface area (Å²) < 4.78 is 0. The highest BCUT2D eigenvalue weighted by molar-refractivity contribution is 5.68. The van der Waals surface area contributed by atoms with E-state index in [1.54, 1.807) is 0 Å². The highest BCUT2D eigenvalue weighted by Crippen LogP contribution is 1.84. The summed E-state index contributed by atoms with van der Waals surface area (Å²) in [7, 11) is 0. The second kappa shape index (κ2) is 2.73. The molecule has 5 nitrogen and oxygen atoms in total. The first kappa shape index (κ1) is 6.61. The van der Waals surface area contributed by atoms with Gasteiger partial charge in [0.25, 0.3) is 0 Å². The number of rotatable bonds is 2. The number of nitrogens with zero attached hydrogens (tertiary/aromatic N) is 1. The fraction of sp³-hybridized carbons (Fsp3) is 0. The van der Waals surface area contributed by atoms with Crippen molar-refractivity contribution < 1.29 is 14.8 Å². The Morgan fingerprint density at radius 3 is 2.25 bits per heavy atom. The number of hydrogen-bond donors (Lipinski definition) is 1. The summed E-state index contributed by atoms with van der Waals surface area (Å²) in [4.78, 5) is 18.0. The predicted molar refractivity (Wildman–Crippen MR) is 23.8 cm³/mol. The van der Waals surface area contributed by atoms with Crippen LogP contribution in [0.25, 0.3) is 0 Å². The van der Waals surface area contributed by atoms with E-state index < -0.39 is 10.6 Å². The molecule has 0 radical (unpaired) electrons. The van der Waals surface area contributed by atoms with Crippen LogP contribution in [0.1, 0.15) is 0 Å². The molecule has 0 heterocycles. The molecule has 0 saturated carbocycles. The van der Waals surface area contributed by atoms with E-state index in [0.29, 0.717) is 0 Å². The maximum absolute atomic E-state index is 9.51. The second-order valence-corrected chi connectivity index (χ2v) is 0.929. The molecule has 0 amide bonds. The van der Waals surface area contributed by atoms with Gasteiger partial charge in [0.1, 0.15) is 0 Å². The average Bonchev–Trinajstić information content (AvgIpc) is 1.69. The summed E-state index contributed by atoms with van der Waals surface area (Å²) in [6.07, 6.45) is 0.104. The Hall–Kier alpha value is -1.39. The quantitative estimate of drug-likeness (QED) is 0.179. The topological polar surface area (TPSA) is 80.4 Å². The van der Waals surface area contributed by atoms with Crippen molar-refractivity contribution in [1.82, 2.24) is 0 Å². The van der Waals surface area contributed by atoms with Gasteiger partial charge >= 0.3 is 5.70 Å². The third-order valence-corrected chi connectivity index (χ3v) is 0.464. The van der Waals surface area contributed by atoms with Crippen LogP contribution < -0.4 is 0 Å². The molecule has 0 atom stereocenters. The van der Waals surface area contributed by atoms with E-state index in [1.165, 1.54) is 0 Å². The van der Waals surface area contributed by atoms with Crippen LogP contribution in [0.4, 0.5) is 0 Å². The molecule has 0 rings (SSSR count). The lowest BCUT2D eigenvalue weighted by molar-refractivity contribution is -0.418. The zero-order valence-corrected chi connectivity index (χ0v) is 3.77. The largest absolute Gasteiger partial charge is 0.509 e. The van der Waals surface area contributed by atoms with Gasteiger partial charge in [0.2, 0.25) is 6.29 Å². The van der Waals surface area contributed by atoms with Gasteiger partial charge in [0.05, 0.1) is 4.92 Å². The van der Waals surface area contributed by atoms with Gasteiger partial charge in [0, 0.05) is 0 Å². The van der Waals surface area contributed by atoms with Gasteiger partial charge in [-0.15, -0.1) is 0 Å². The minimum Gasteiger partial charge on any atom is -0.509 e. The molecule has 0 spiro atoms. The van der Waals surface area contributed by atoms with Crippen LogP contribution in [0.15, 0.2) is 12.0 Å². The van der Waals surface area contributed by atoms with Crippen LogP contribution in [-0.2, 0) is 4.79 Å². The lowest BCUT2D eigenvalue weighted by Gasteiger charge is -1.80. The van der Waals surface area contributed by atoms with E-state index in [0.717, 1.165) is 0 Å². The molecule has 0 saturated heterocycles. The third-order valence-electron chi connectivity index (χ3n) is 0.464. The van der Waals surface area contributed by atoms with Crippen LogP contribution >= 0.6 is 0 Å². The molecule has 0 aromatic rings. The van der Waals surface area contributed by atoms with Crippen LogP contribution in [0.5, 0.6) is 0 Å². The summed E-state index contributed by atoms with van der Waals surface area (Å²) in [5, 5.41) is 17.4. The minimum absolute atomic E-state index is 0.0417. The third kappa shape index (κ3) is 1.38. The normalized spacial score (nSPS) is 10.8. The van der Waals surface area contributed by atoms with Crippen molar-refractivity contribution in [3.8, 4) is 0 Å². The van der Waals surface area contributed by atoms with Crippen LogP contribution in [-0.4, -0.2) is 16.3 Å². The molecule has 8 heavy (non-hydrogen) atoms. The van der Waals surface area contributed by atoms with E-state index in [1.807, 2.05) is 0 Å². The van der Waals surface area contributed by atoms with Crippen molar-refractivity contribution in [2.24, 2.45) is 0 Å². The molecule has 5 heteroatoms. The lowest BCUT2D eigenvalue weighted by Crippen LogP contribution is -1.98. The zero-order chi connectivity index (χ0) is 6.57. The Morgan fingerprint density at radius 2 is 2.25 bits per heavy atom. The number of carbonyl (C=O) groups is 1. The first-order valence-electron chi connectivity index (χ1n) is 1.66. The van der Waals surface area contributed by atoms with Gasteiger partial charge in [0.15, 0.2) is 6.26 Å². The van der Waals surface area contributed by atoms with E-state index in [9.17, 15) is 14.9 Å². The van der Waals surface area contributed by atoms with Crippen LogP contribution in [0.3, 0.4) is 0 Å². The predicted octanol–water partition coefficient (Wildman–Crippen LogP) is -0.139. The maximum Gasteiger partial charge on any atom is 0.342 e. The van der Waals surface area contributed by atoms with E-state index in [-0.39, 0.29) is 12.5 Å². The summed E-state index contributed by atoms with van der Waals surface area (Å²) >= 11 is 0. The first-order chi connectivity index (χ1) is 3.72. The Kier molecular flexibility index (Phi) is 2.25. The SMILES string of the molecule is O=C/C(=C/O)[N+](=O)[O-]. The number of aliphatic hydroxyl groups excluding tert-OH is 1. The Labute approximate surface area is 44.4 Å². The van der Waals surface area contributed by atoms with E-state index >= 15 is 0 Å². The lowest BCUT2D eigenvalue weighted by atomic mass is 10.6. The summed E-state index contributed by atoms with van der Waals surface area (Å²) in [6.45, 7) is 0. The smallest absolute Gasteiger partial charge is 0.342 e. The van der Waals surface area contributed by atoms with Gasteiger partial charge in [-0.2, -0.15) is 0 Å². The van der Waals surface area contributed by atoms with E-state index in [4.69, 9.17) is 5.11 Å². The highest BCUT2D eigenvalue weighted by Gasteiger charge is 2.05. The molecule has 0 aliphatic carbocycles. The Balaban J connectivity index is 4.13. The Morgan fingerprint density at radius 1 is 1.75 bits per heavy atom. The van der Waals surface area contributed by atoms with Gasteiger partial charge in [-0.25, -0.2) is 0 Å². The second-order valence-electron chi connectivity index (χ2n) is 0.929. The standard InChI is InChI=1S/C3H3NO4/c5-1-3(2-6)4(7)8/h1-2,5H/b3-1-. The average molecular weight is 117 g/mol. The van der Waals surface area contributed by atoms with E-state index in [2.05, 4.69) is 0 Å². The molecule has 44 valence electrons. The molecule has 0 aliphatic rings. The van der Waals surface area contributed by atoms with Gasteiger partial charge in [-0.3, -0.25) is 14.9 Å². The summed E-state index contributed by atoms with van der Waals surface area (Å²) in [5.74, 6) is 0. The first-order valence-corrected chi connectivity index (χ1v) is 1.66. The molecule has 0 unspecified atom stereocenters. The van der Waals surface area contributed by atoms with Crippen molar-refractivity contribution in [3.05, 3.63) is 22.1 Å². The summed E-state index contributed by atoms with van der Waals surface area (Å²) in [6, 6.07) is 0. The van der Waals surface area contributed by atoms with Crippen LogP contribution in [0, 0.1) is 10.1 Å². The van der Waals surface area contributed by atoms with Crippen molar-refractivity contribution in [1.29, 1.82) is 0 Å². The molecule has 0 bridgehead atoms. The molecule has 0 aromatic carbocycles. The monoisotopic (exact) mass is 117 g/mol. The van der Waals surface area contributed by atoms with Crippen molar-refractivity contribution in [2.45, 2.75) is 0 Å². The number of aliphatic hydroxyl groups is 1. The number of allylic oxidation sites excluding steroid dienone is 1. The maximum atomic E-state index is 9.51. The van der Waals surface area contributed by atoms with Crippen molar-refractivity contribution in [3.63, 3.8) is 0 Å². The van der Waals surface area contributed by atoms with Gasteiger partial charge < -0.3 is 5.11 Å². The molecule has 0 fully saturated rings. The molecule has 0 aliphatic heterocycles. The van der Waals surface area contributed by atoms with Crippen molar-refractivity contribution in [2.75, 3.05) is 0 Å². The molecular formula is C3H3NO4. The van der Waals surface area contributed by atoms with Gasteiger partial charge in [-0.05, 0) is 0 Å². The van der Waals surface area contributed by atoms with Crippen LogP contribution in [0.2, 0.25) is 0 Å². The highest BCUT2D eigenvalue weighted by atomic mass is 16.6. The number of carbonyl (C=O) groups excluding carboxylic acids is 1. The number of aldehydes is 1. The molecule has 0 aromatic heterocycles. The molecule has 1 N–H and O–H groups in total. The number of hydrogen-bond acceptors (Lipinski definition) is 4. The minimum atomic E-state index is -0.979. The molecular weight excluding hydrogens is 114 g/mol. The van der Waals surface area contributed by atoms with Crippen molar-refractivity contribution >= 4 is 6.29 Å². The Bertz CT molecular complexity index is 138. The fourth-order valence-electron chi connectivity index (χ4n) is 0.121. The number of nitro groups is 1. The van der Waals surface area contributed by atoms with Gasteiger partial charge in [-0.1, -0.05) is 0 Å². The zero-order valence-electron chi connectivity index (χ0n) is 3.77. The fourth-order valence-corrected chi connectivity index (χ4v) is 0.121.